The summed E-state index contributed by atoms with van der Waals surface area (Å²) in [6.07, 6.45) is -0.638. The van der Waals surface area contributed by atoms with Crippen LogP contribution in [0, 0.1) is 0 Å². The summed E-state index contributed by atoms with van der Waals surface area (Å²) >= 11 is 1.16. The minimum absolute atomic E-state index is 0.0526. The number of morpholine rings is 1. The molecule has 3 amide bonds. The highest BCUT2D eigenvalue weighted by atomic mass is 32.2. The Hall–Kier alpha value is -3.04. The summed E-state index contributed by atoms with van der Waals surface area (Å²) in [6, 6.07) is -1.29. The highest BCUT2D eigenvalue weighted by Crippen LogP contribution is 2.46. The highest BCUT2D eigenvalue weighted by Gasteiger charge is 2.64. The Labute approximate surface area is 191 Å². The Kier molecular flexibility index (Phi) is 5.54. The fourth-order valence-corrected chi connectivity index (χ4v) is 5.50. The van der Waals surface area contributed by atoms with Gasteiger partial charge in [0.1, 0.15) is 31.1 Å². The Morgan fingerprint density at radius 1 is 1.24 bits per heavy atom. The number of tetrazole rings is 1. The van der Waals surface area contributed by atoms with Crippen LogP contribution in [0.4, 0.5) is 0 Å². The van der Waals surface area contributed by atoms with Gasteiger partial charge >= 0.3 is 5.97 Å². The van der Waals surface area contributed by atoms with E-state index in [9.17, 15) is 24.3 Å². The van der Waals surface area contributed by atoms with E-state index in [0.29, 0.717) is 37.0 Å². The summed E-state index contributed by atoms with van der Waals surface area (Å²) in [5, 5.41) is 21.6. The van der Waals surface area contributed by atoms with Gasteiger partial charge in [-0.25, -0.2) is 9.48 Å². The van der Waals surface area contributed by atoms with Crippen molar-refractivity contribution in [3.63, 3.8) is 0 Å². The molecule has 176 valence electrons. The number of carboxylic acid groups (broad SMARTS) is 1. The average molecular weight is 479 g/mol. The highest BCUT2D eigenvalue weighted by molar-refractivity contribution is 7.99. The first-order valence-electron chi connectivity index (χ1n) is 10.3. The molecule has 4 aliphatic heterocycles. The third-order valence-electron chi connectivity index (χ3n) is 6.15. The molecule has 3 saturated heterocycles. The number of carbonyl (C=O) groups is 4. The molecular weight excluding hydrogens is 458 g/mol. The number of amides is 3. The topological polar surface area (TPSA) is 160 Å². The number of nitrogens with zero attached hydrogens (tertiary/aromatic N) is 7. The van der Waals surface area contributed by atoms with E-state index < -0.39 is 30.1 Å². The van der Waals surface area contributed by atoms with Gasteiger partial charge in [0.2, 0.25) is 17.0 Å². The molecule has 0 radical (unpaired) electrons. The summed E-state index contributed by atoms with van der Waals surface area (Å²) in [6.45, 7) is 3.16. The predicted molar refractivity (Wildman–Crippen MR) is 107 cm³/mol. The molecule has 14 nitrogen and oxygen atoms in total. The monoisotopic (exact) mass is 479 g/mol. The van der Waals surface area contributed by atoms with Crippen molar-refractivity contribution in [1.29, 1.82) is 0 Å². The summed E-state index contributed by atoms with van der Waals surface area (Å²) < 4.78 is 12.4. The number of rotatable bonds is 6. The number of carbonyl (C=O) groups excluding carboxylic acids is 3. The van der Waals surface area contributed by atoms with E-state index in [2.05, 4.69) is 15.5 Å². The van der Waals surface area contributed by atoms with Crippen molar-refractivity contribution in [3.05, 3.63) is 11.3 Å². The maximum atomic E-state index is 12.7. The van der Waals surface area contributed by atoms with Crippen molar-refractivity contribution < 1.29 is 33.8 Å². The lowest BCUT2D eigenvalue weighted by Gasteiger charge is -2.52. The second-order valence-electron chi connectivity index (χ2n) is 7.93. The van der Waals surface area contributed by atoms with Crippen LogP contribution in [0.3, 0.4) is 0 Å². The molecule has 0 aromatic carbocycles. The van der Waals surface area contributed by atoms with Gasteiger partial charge in [-0.3, -0.25) is 19.3 Å². The van der Waals surface area contributed by atoms with Crippen LogP contribution >= 0.6 is 11.8 Å². The lowest BCUT2D eigenvalue weighted by Crippen LogP contribution is -2.75. The van der Waals surface area contributed by atoms with Gasteiger partial charge in [0.25, 0.3) is 5.91 Å². The van der Waals surface area contributed by atoms with Crippen molar-refractivity contribution in [1.82, 2.24) is 34.9 Å². The number of aromatic nitrogens is 4. The maximum Gasteiger partial charge on any atom is 0.352 e. The fourth-order valence-electron chi connectivity index (χ4n) is 4.57. The summed E-state index contributed by atoms with van der Waals surface area (Å²) in [5.74, 6) is -1.98. The van der Waals surface area contributed by atoms with Gasteiger partial charge in [-0.15, -0.1) is 5.10 Å². The molecule has 3 atom stereocenters. The first kappa shape index (κ1) is 21.8. The van der Waals surface area contributed by atoms with E-state index in [1.807, 2.05) is 0 Å². The van der Waals surface area contributed by atoms with Crippen LogP contribution < -0.4 is 0 Å². The standard InChI is InChI=1S/C18H21N7O7S/c1-9(26)23-8-32-15-10(12(17(29)30)25-13(15)14(23)16(25)28)7-33-18-19-20-21-24(18)6-11(27)22-2-4-31-5-3-22/h13-15H,2-8H2,1H3,(H,29,30)/t13-,14-,15?/m0/s1. The first-order chi connectivity index (χ1) is 15.9. The Balaban J connectivity index is 1.32. The molecule has 4 aliphatic rings. The second kappa shape index (κ2) is 8.39. The van der Waals surface area contributed by atoms with Crippen LogP contribution in [0.1, 0.15) is 6.92 Å². The molecule has 0 bridgehead atoms. The first-order valence-corrected chi connectivity index (χ1v) is 11.3. The molecule has 15 heteroatoms. The normalized spacial score (nSPS) is 26.4. The largest absolute Gasteiger partial charge is 0.477 e. The van der Waals surface area contributed by atoms with Gasteiger partial charge in [-0.2, -0.15) is 0 Å². The second-order valence-corrected chi connectivity index (χ2v) is 8.87. The minimum atomic E-state index is -1.24. The van der Waals surface area contributed by atoms with Crippen LogP contribution in [0.15, 0.2) is 16.4 Å². The van der Waals surface area contributed by atoms with E-state index in [0.717, 1.165) is 11.8 Å². The number of β-lactam (4-membered cyclic amide) rings is 1. The average Bonchev–Trinajstić information content (AvgIpc) is 3.38. The van der Waals surface area contributed by atoms with Gasteiger partial charge < -0.3 is 24.4 Å². The lowest BCUT2D eigenvalue weighted by molar-refractivity contribution is -0.192. The molecule has 5 heterocycles. The van der Waals surface area contributed by atoms with Gasteiger partial charge in [0.05, 0.1) is 19.3 Å². The number of thioether (sulfide) groups is 1. The van der Waals surface area contributed by atoms with Crippen molar-refractivity contribution in [2.45, 2.75) is 36.8 Å². The van der Waals surface area contributed by atoms with Crippen molar-refractivity contribution in [3.8, 4) is 0 Å². The minimum Gasteiger partial charge on any atom is -0.477 e. The Morgan fingerprint density at radius 2 is 2.00 bits per heavy atom. The van der Waals surface area contributed by atoms with Crippen molar-refractivity contribution >= 4 is 35.5 Å². The van der Waals surface area contributed by atoms with Gasteiger partial charge in [-0.05, 0) is 10.4 Å². The van der Waals surface area contributed by atoms with E-state index in [-0.39, 0.29) is 36.5 Å². The molecule has 0 saturated carbocycles. The van der Waals surface area contributed by atoms with E-state index in [1.54, 1.807) is 4.90 Å². The quantitative estimate of drug-likeness (QED) is 0.347. The van der Waals surface area contributed by atoms with E-state index in [1.165, 1.54) is 21.4 Å². The summed E-state index contributed by atoms with van der Waals surface area (Å²) in [4.78, 5) is 53.3. The van der Waals surface area contributed by atoms with Gasteiger partial charge in [0.15, 0.2) is 0 Å². The molecule has 33 heavy (non-hydrogen) atoms. The zero-order chi connectivity index (χ0) is 23.3. The van der Waals surface area contributed by atoms with Crippen LogP contribution in [-0.4, -0.2) is 121 Å². The van der Waals surface area contributed by atoms with Gasteiger partial charge in [0, 0.05) is 31.3 Å². The zero-order valence-corrected chi connectivity index (χ0v) is 18.4. The molecule has 5 rings (SSSR count). The Bertz CT molecular complexity index is 1050. The van der Waals surface area contributed by atoms with Crippen LogP contribution in [-0.2, 0) is 35.2 Å². The smallest absolute Gasteiger partial charge is 0.352 e. The van der Waals surface area contributed by atoms with Crippen LogP contribution in [0.5, 0.6) is 0 Å². The van der Waals surface area contributed by atoms with Crippen LogP contribution in [0.2, 0.25) is 0 Å². The summed E-state index contributed by atoms with van der Waals surface area (Å²) in [7, 11) is 0. The lowest BCUT2D eigenvalue weighted by atomic mass is 9.89. The number of hydrogen-bond donors (Lipinski definition) is 1. The molecule has 3 fully saturated rings. The molecule has 1 aromatic heterocycles. The number of aliphatic carboxylic acids is 1. The SMILES string of the molecule is CC(=O)N1COC2C(CSc3nnnn3CC(=O)N3CCOCC3)=C(C(=O)O)N3C(=O)[C@@H]1[C@@H]23. The third kappa shape index (κ3) is 3.55. The van der Waals surface area contributed by atoms with Crippen molar-refractivity contribution in [2.75, 3.05) is 38.8 Å². The number of ether oxygens (including phenoxy) is 2. The summed E-state index contributed by atoms with van der Waals surface area (Å²) in [5.41, 5.74) is 0.290. The zero-order valence-electron chi connectivity index (χ0n) is 17.6. The van der Waals surface area contributed by atoms with E-state index >= 15 is 0 Å². The predicted octanol–water partition coefficient (Wildman–Crippen LogP) is -2.24. The number of hydrogen-bond acceptors (Lipinski definition) is 10. The molecule has 0 spiro atoms. The third-order valence-corrected chi connectivity index (χ3v) is 7.16. The van der Waals surface area contributed by atoms with Gasteiger partial charge in [-0.1, -0.05) is 11.8 Å². The molecule has 1 N–H and O–H groups in total. The molecular formula is C18H21N7O7S. The van der Waals surface area contributed by atoms with Crippen molar-refractivity contribution in [2.24, 2.45) is 0 Å². The Morgan fingerprint density at radius 3 is 2.70 bits per heavy atom. The van der Waals surface area contributed by atoms with E-state index in [4.69, 9.17) is 9.47 Å². The molecule has 1 aromatic rings. The number of carboxylic acids is 1. The molecule has 1 unspecified atom stereocenters. The van der Waals surface area contributed by atoms with Crippen LogP contribution in [0.25, 0.3) is 0 Å². The molecule has 0 aliphatic carbocycles. The fraction of sp³-hybridized carbons (Fsp3) is 0.611. The maximum absolute atomic E-state index is 12.7.